The first-order chi connectivity index (χ1) is 6.04. The second-order valence-electron chi connectivity index (χ2n) is 4.53. The van der Waals surface area contributed by atoms with Gasteiger partial charge in [-0.05, 0) is 33.1 Å². The fraction of sp³-hybridized carbons (Fsp3) is 0.909. The van der Waals surface area contributed by atoms with E-state index >= 15 is 0 Å². The lowest BCUT2D eigenvalue weighted by Gasteiger charge is -2.40. The number of amides is 1. The molecule has 0 spiro atoms. The molecule has 0 saturated carbocycles. The van der Waals surface area contributed by atoms with Gasteiger partial charge in [-0.3, -0.25) is 4.79 Å². The second-order valence-corrected chi connectivity index (χ2v) is 4.53. The molecule has 1 amide bonds. The Morgan fingerprint density at radius 2 is 1.69 bits per heavy atom. The Bertz CT molecular complexity index is 179. The zero-order chi connectivity index (χ0) is 10.0. The van der Waals surface area contributed by atoms with Gasteiger partial charge in [0.15, 0.2) is 0 Å². The lowest BCUT2D eigenvalue weighted by Crippen LogP contribution is -2.49. The van der Waals surface area contributed by atoms with Gasteiger partial charge in [-0.1, -0.05) is 13.8 Å². The van der Waals surface area contributed by atoms with E-state index in [9.17, 15) is 4.79 Å². The van der Waals surface area contributed by atoms with Gasteiger partial charge in [0, 0.05) is 18.0 Å². The minimum atomic E-state index is 0.142. The SMILES string of the molecule is CC(C)C(=O)N1C(C)CCCC1C. The molecule has 0 radical (unpaired) electrons. The van der Waals surface area contributed by atoms with E-state index in [-0.39, 0.29) is 5.92 Å². The molecule has 1 aliphatic rings. The molecular weight excluding hydrogens is 162 g/mol. The van der Waals surface area contributed by atoms with Gasteiger partial charge < -0.3 is 4.90 Å². The molecule has 13 heavy (non-hydrogen) atoms. The Hall–Kier alpha value is -0.530. The summed E-state index contributed by atoms with van der Waals surface area (Å²) in [4.78, 5) is 13.9. The minimum absolute atomic E-state index is 0.142. The van der Waals surface area contributed by atoms with Gasteiger partial charge in [-0.2, -0.15) is 0 Å². The number of piperidine rings is 1. The van der Waals surface area contributed by atoms with Crippen molar-refractivity contribution in [1.29, 1.82) is 0 Å². The minimum Gasteiger partial charge on any atom is -0.337 e. The van der Waals surface area contributed by atoms with Gasteiger partial charge in [0.05, 0.1) is 0 Å². The average Bonchev–Trinajstić information content (AvgIpc) is 2.03. The number of hydrogen-bond acceptors (Lipinski definition) is 1. The van der Waals surface area contributed by atoms with Crippen molar-refractivity contribution in [3.8, 4) is 0 Å². The number of likely N-dealkylation sites (tertiary alicyclic amines) is 1. The number of carbonyl (C=O) groups is 1. The van der Waals surface area contributed by atoms with Crippen LogP contribution in [0.2, 0.25) is 0 Å². The van der Waals surface area contributed by atoms with Crippen molar-refractivity contribution in [3.63, 3.8) is 0 Å². The van der Waals surface area contributed by atoms with Crippen LogP contribution in [0.25, 0.3) is 0 Å². The van der Waals surface area contributed by atoms with Crippen LogP contribution < -0.4 is 0 Å². The number of hydrogen-bond donors (Lipinski definition) is 0. The zero-order valence-corrected chi connectivity index (χ0v) is 9.21. The van der Waals surface area contributed by atoms with E-state index in [2.05, 4.69) is 18.7 Å². The summed E-state index contributed by atoms with van der Waals surface area (Å²) in [6.07, 6.45) is 3.61. The Kier molecular flexibility index (Phi) is 3.34. The molecule has 0 aromatic heterocycles. The van der Waals surface area contributed by atoms with Crippen molar-refractivity contribution < 1.29 is 4.79 Å². The highest BCUT2D eigenvalue weighted by Crippen LogP contribution is 2.24. The Morgan fingerprint density at radius 3 is 2.08 bits per heavy atom. The van der Waals surface area contributed by atoms with E-state index in [0.717, 1.165) is 0 Å². The van der Waals surface area contributed by atoms with Gasteiger partial charge in [-0.25, -0.2) is 0 Å². The lowest BCUT2D eigenvalue weighted by molar-refractivity contribution is -0.140. The highest BCUT2D eigenvalue weighted by atomic mass is 16.2. The molecule has 2 unspecified atom stereocenters. The molecule has 2 nitrogen and oxygen atoms in total. The third-order valence-corrected chi connectivity index (χ3v) is 2.94. The zero-order valence-electron chi connectivity index (χ0n) is 9.21. The van der Waals surface area contributed by atoms with Crippen LogP contribution in [-0.2, 0) is 4.79 Å². The molecule has 0 aromatic rings. The summed E-state index contributed by atoms with van der Waals surface area (Å²) in [5, 5.41) is 0. The topological polar surface area (TPSA) is 20.3 Å². The van der Waals surface area contributed by atoms with Crippen LogP contribution in [0.3, 0.4) is 0 Å². The monoisotopic (exact) mass is 183 g/mol. The van der Waals surface area contributed by atoms with Crippen LogP contribution in [0.5, 0.6) is 0 Å². The van der Waals surface area contributed by atoms with Gasteiger partial charge in [0.2, 0.25) is 5.91 Å². The molecule has 1 heterocycles. The molecule has 0 N–H and O–H groups in total. The van der Waals surface area contributed by atoms with Crippen molar-refractivity contribution >= 4 is 5.91 Å². The van der Waals surface area contributed by atoms with Gasteiger partial charge in [0.25, 0.3) is 0 Å². The number of carbonyl (C=O) groups excluding carboxylic acids is 1. The predicted molar refractivity (Wildman–Crippen MR) is 54.5 cm³/mol. The molecular formula is C11H21NO. The predicted octanol–water partition coefficient (Wildman–Crippen LogP) is 2.43. The molecule has 1 fully saturated rings. The highest BCUT2D eigenvalue weighted by Gasteiger charge is 2.29. The standard InChI is InChI=1S/C11H21NO/c1-8(2)11(13)12-9(3)6-5-7-10(12)4/h8-10H,5-7H2,1-4H3. The van der Waals surface area contributed by atoms with E-state index in [0.29, 0.717) is 18.0 Å². The number of nitrogens with zero attached hydrogens (tertiary/aromatic N) is 1. The first kappa shape index (κ1) is 10.6. The second kappa shape index (κ2) is 4.12. The maximum absolute atomic E-state index is 11.8. The summed E-state index contributed by atoms with van der Waals surface area (Å²) in [6.45, 7) is 8.29. The van der Waals surface area contributed by atoms with Crippen molar-refractivity contribution in [2.75, 3.05) is 0 Å². The third kappa shape index (κ3) is 2.23. The molecule has 0 aliphatic carbocycles. The Morgan fingerprint density at radius 1 is 1.23 bits per heavy atom. The Labute approximate surface area is 81.3 Å². The van der Waals surface area contributed by atoms with Crippen LogP contribution >= 0.6 is 0 Å². The molecule has 1 saturated heterocycles. The molecule has 0 aromatic carbocycles. The fourth-order valence-electron chi connectivity index (χ4n) is 2.15. The van der Waals surface area contributed by atoms with Gasteiger partial charge >= 0.3 is 0 Å². The largest absolute Gasteiger partial charge is 0.337 e. The smallest absolute Gasteiger partial charge is 0.225 e. The van der Waals surface area contributed by atoms with E-state index < -0.39 is 0 Å². The normalized spacial score (nSPS) is 29.5. The summed E-state index contributed by atoms with van der Waals surface area (Å²) in [5.74, 6) is 0.461. The van der Waals surface area contributed by atoms with Crippen molar-refractivity contribution in [3.05, 3.63) is 0 Å². The molecule has 0 bridgehead atoms. The van der Waals surface area contributed by atoms with Crippen molar-refractivity contribution in [2.24, 2.45) is 5.92 Å². The lowest BCUT2D eigenvalue weighted by atomic mass is 9.96. The summed E-state index contributed by atoms with van der Waals surface area (Å²) in [5.41, 5.74) is 0. The van der Waals surface area contributed by atoms with E-state index in [1.54, 1.807) is 0 Å². The average molecular weight is 183 g/mol. The van der Waals surface area contributed by atoms with Crippen LogP contribution in [0.4, 0.5) is 0 Å². The maximum atomic E-state index is 11.8. The van der Waals surface area contributed by atoms with Crippen molar-refractivity contribution in [2.45, 2.75) is 59.0 Å². The maximum Gasteiger partial charge on any atom is 0.225 e. The summed E-state index contributed by atoms with van der Waals surface area (Å²) in [6, 6.07) is 0.886. The first-order valence-corrected chi connectivity index (χ1v) is 5.36. The quantitative estimate of drug-likeness (QED) is 0.611. The van der Waals surface area contributed by atoms with Gasteiger partial charge in [0.1, 0.15) is 0 Å². The van der Waals surface area contributed by atoms with E-state index in [4.69, 9.17) is 0 Å². The highest BCUT2D eigenvalue weighted by molar-refractivity contribution is 5.78. The third-order valence-electron chi connectivity index (χ3n) is 2.94. The summed E-state index contributed by atoms with van der Waals surface area (Å²) >= 11 is 0. The molecule has 1 rings (SSSR count). The summed E-state index contributed by atoms with van der Waals surface area (Å²) < 4.78 is 0. The van der Waals surface area contributed by atoms with Crippen LogP contribution in [0, 0.1) is 5.92 Å². The molecule has 76 valence electrons. The van der Waals surface area contributed by atoms with Gasteiger partial charge in [-0.15, -0.1) is 0 Å². The molecule has 1 aliphatic heterocycles. The van der Waals surface area contributed by atoms with Crippen LogP contribution in [-0.4, -0.2) is 22.9 Å². The Balaban J connectivity index is 2.68. The van der Waals surface area contributed by atoms with Crippen LogP contribution in [0.1, 0.15) is 47.0 Å². The van der Waals surface area contributed by atoms with Crippen LogP contribution in [0.15, 0.2) is 0 Å². The first-order valence-electron chi connectivity index (χ1n) is 5.36. The summed E-state index contributed by atoms with van der Waals surface area (Å²) in [7, 11) is 0. The molecule has 2 heteroatoms. The fourth-order valence-corrected chi connectivity index (χ4v) is 2.15. The number of rotatable bonds is 1. The van der Waals surface area contributed by atoms with E-state index in [1.165, 1.54) is 19.3 Å². The van der Waals surface area contributed by atoms with E-state index in [1.807, 2.05) is 13.8 Å². The molecule has 2 atom stereocenters. The van der Waals surface area contributed by atoms with Crippen molar-refractivity contribution in [1.82, 2.24) is 4.90 Å².